The average Bonchev–Trinajstić information content (AvgIpc) is 2.46. The zero-order chi connectivity index (χ0) is 13.7. The van der Waals surface area contributed by atoms with Crippen LogP contribution in [0.15, 0.2) is 24.5 Å². The number of nitrogens with two attached hydrogens (primary N) is 1. The van der Waals surface area contributed by atoms with Crippen LogP contribution in [0.2, 0.25) is 0 Å². The van der Waals surface area contributed by atoms with Gasteiger partial charge in [-0.3, -0.25) is 4.98 Å². The van der Waals surface area contributed by atoms with Gasteiger partial charge in [0.05, 0.1) is 0 Å². The highest BCUT2D eigenvalue weighted by molar-refractivity contribution is 5.47. The fourth-order valence-corrected chi connectivity index (χ4v) is 1.69. The summed E-state index contributed by atoms with van der Waals surface area (Å²) in [5, 5.41) is 3.26. The van der Waals surface area contributed by atoms with Gasteiger partial charge in [0.1, 0.15) is 17.5 Å². The number of nitrogen functional groups attached to an aromatic ring is 1. The molecule has 6 heteroatoms. The molecule has 0 aromatic carbocycles. The SMILES string of the molecule is CCc1nc(NN)cc(NCc2cnccc2C)n1. The van der Waals surface area contributed by atoms with Crippen molar-refractivity contribution < 1.29 is 0 Å². The van der Waals surface area contributed by atoms with E-state index in [1.807, 2.05) is 19.2 Å². The molecule has 0 aliphatic heterocycles. The van der Waals surface area contributed by atoms with Gasteiger partial charge in [-0.15, -0.1) is 0 Å². The summed E-state index contributed by atoms with van der Waals surface area (Å²) < 4.78 is 0. The number of nitrogens with one attached hydrogen (secondary N) is 2. The van der Waals surface area contributed by atoms with Gasteiger partial charge in [0.2, 0.25) is 0 Å². The van der Waals surface area contributed by atoms with E-state index in [-0.39, 0.29) is 0 Å². The Kier molecular flexibility index (Phi) is 4.25. The van der Waals surface area contributed by atoms with Crippen molar-refractivity contribution in [3.63, 3.8) is 0 Å². The minimum Gasteiger partial charge on any atom is -0.366 e. The number of nitrogens with zero attached hydrogens (tertiary/aromatic N) is 3. The maximum absolute atomic E-state index is 5.40. The molecule has 0 bridgehead atoms. The summed E-state index contributed by atoms with van der Waals surface area (Å²) in [5.41, 5.74) is 4.89. The predicted molar refractivity (Wildman–Crippen MR) is 75.5 cm³/mol. The predicted octanol–water partition coefficient (Wildman–Crippen LogP) is 1.64. The third kappa shape index (κ3) is 3.38. The van der Waals surface area contributed by atoms with Gasteiger partial charge in [0.25, 0.3) is 0 Å². The van der Waals surface area contributed by atoms with Crippen LogP contribution in [0.1, 0.15) is 23.9 Å². The Morgan fingerprint density at radius 1 is 1.26 bits per heavy atom. The van der Waals surface area contributed by atoms with Crippen molar-refractivity contribution in [3.8, 4) is 0 Å². The molecule has 0 radical (unpaired) electrons. The topological polar surface area (TPSA) is 88.8 Å². The number of rotatable bonds is 5. The standard InChI is InChI=1S/C13H18N6/c1-3-11-17-12(6-13(18-11)19-14)16-8-10-7-15-5-4-9(10)2/h4-7H,3,8,14H2,1-2H3,(H2,16,17,18,19). The van der Waals surface area contributed by atoms with E-state index in [1.165, 1.54) is 5.56 Å². The van der Waals surface area contributed by atoms with Gasteiger partial charge in [-0.25, -0.2) is 15.8 Å². The van der Waals surface area contributed by atoms with Crippen LogP contribution in [-0.2, 0) is 13.0 Å². The second-order valence-corrected chi connectivity index (χ2v) is 4.21. The lowest BCUT2D eigenvalue weighted by Crippen LogP contribution is -2.12. The van der Waals surface area contributed by atoms with E-state index in [0.717, 1.165) is 23.6 Å². The first-order chi connectivity index (χ1) is 9.22. The van der Waals surface area contributed by atoms with E-state index in [9.17, 15) is 0 Å². The van der Waals surface area contributed by atoms with E-state index in [1.54, 1.807) is 12.3 Å². The van der Waals surface area contributed by atoms with Crippen LogP contribution in [0.25, 0.3) is 0 Å². The molecular formula is C13H18N6. The van der Waals surface area contributed by atoms with Gasteiger partial charge >= 0.3 is 0 Å². The number of aromatic nitrogens is 3. The molecule has 19 heavy (non-hydrogen) atoms. The molecule has 2 aromatic heterocycles. The second kappa shape index (κ2) is 6.10. The number of pyridine rings is 1. The van der Waals surface area contributed by atoms with E-state index in [2.05, 4.69) is 32.6 Å². The molecule has 0 fully saturated rings. The summed E-state index contributed by atoms with van der Waals surface area (Å²) in [4.78, 5) is 12.8. The van der Waals surface area contributed by atoms with E-state index in [0.29, 0.717) is 12.4 Å². The summed E-state index contributed by atoms with van der Waals surface area (Å²) in [6.45, 7) is 4.73. The van der Waals surface area contributed by atoms with E-state index >= 15 is 0 Å². The third-order valence-corrected chi connectivity index (χ3v) is 2.84. The minimum atomic E-state index is 0.609. The second-order valence-electron chi connectivity index (χ2n) is 4.21. The van der Waals surface area contributed by atoms with Gasteiger partial charge in [-0.2, -0.15) is 0 Å². The maximum Gasteiger partial charge on any atom is 0.145 e. The van der Waals surface area contributed by atoms with Crippen molar-refractivity contribution in [1.82, 2.24) is 15.0 Å². The maximum atomic E-state index is 5.40. The van der Waals surface area contributed by atoms with Crippen LogP contribution in [0.5, 0.6) is 0 Å². The molecule has 0 saturated heterocycles. The molecule has 0 atom stereocenters. The molecule has 0 amide bonds. The molecular weight excluding hydrogens is 240 g/mol. The Morgan fingerprint density at radius 3 is 2.74 bits per heavy atom. The van der Waals surface area contributed by atoms with Crippen LogP contribution >= 0.6 is 0 Å². The normalized spacial score (nSPS) is 10.3. The van der Waals surface area contributed by atoms with Gasteiger partial charge in [-0.1, -0.05) is 6.92 Å². The quantitative estimate of drug-likeness (QED) is 0.558. The Hall–Kier alpha value is -2.21. The molecule has 2 heterocycles. The lowest BCUT2D eigenvalue weighted by Gasteiger charge is -2.10. The first-order valence-electron chi connectivity index (χ1n) is 6.21. The largest absolute Gasteiger partial charge is 0.366 e. The number of anilines is 2. The summed E-state index contributed by atoms with van der Waals surface area (Å²) >= 11 is 0. The monoisotopic (exact) mass is 258 g/mol. The summed E-state index contributed by atoms with van der Waals surface area (Å²) in [6, 6.07) is 3.77. The zero-order valence-electron chi connectivity index (χ0n) is 11.1. The van der Waals surface area contributed by atoms with Gasteiger partial charge in [0, 0.05) is 31.4 Å². The van der Waals surface area contributed by atoms with Crippen LogP contribution in [0.4, 0.5) is 11.6 Å². The van der Waals surface area contributed by atoms with E-state index < -0.39 is 0 Å². The van der Waals surface area contributed by atoms with Crippen molar-refractivity contribution in [2.24, 2.45) is 5.84 Å². The first kappa shape index (κ1) is 13.2. The molecule has 0 spiro atoms. The summed E-state index contributed by atoms with van der Waals surface area (Å²) in [5.74, 6) is 7.51. The highest BCUT2D eigenvalue weighted by Crippen LogP contribution is 2.13. The number of aryl methyl sites for hydroxylation is 2. The Bertz CT molecular complexity index is 532. The molecule has 2 aromatic rings. The van der Waals surface area contributed by atoms with Crippen LogP contribution in [0.3, 0.4) is 0 Å². The molecule has 0 unspecified atom stereocenters. The highest BCUT2D eigenvalue weighted by Gasteiger charge is 2.03. The molecule has 6 nitrogen and oxygen atoms in total. The van der Waals surface area contributed by atoms with E-state index in [4.69, 9.17) is 5.84 Å². The van der Waals surface area contributed by atoms with Crippen LogP contribution in [0, 0.1) is 6.92 Å². The summed E-state index contributed by atoms with van der Waals surface area (Å²) in [6.07, 6.45) is 4.40. The molecule has 2 rings (SSSR count). The fourth-order valence-electron chi connectivity index (χ4n) is 1.69. The lowest BCUT2D eigenvalue weighted by molar-refractivity contribution is 0.929. The van der Waals surface area contributed by atoms with Crippen molar-refractivity contribution in [2.75, 3.05) is 10.7 Å². The molecule has 100 valence electrons. The van der Waals surface area contributed by atoms with Crippen molar-refractivity contribution in [2.45, 2.75) is 26.8 Å². The van der Waals surface area contributed by atoms with Gasteiger partial charge < -0.3 is 10.7 Å². The Labute approximate surface area is 112 Å². The van der Waals surface area contributed by atoms with Crippen LogP contribution in [-0.4, -0.2) is 15.0 Å². The molecule has 0 aliphatic rings. The van der Waals surface area contributed by atoms with Crippen LogP contribution < -0.4 is 16.6 Å². The minimum absolute atomic E-state index is 0.609. The molecule has 0 saturated carbocycles. The van der Waals surface area contributed by atoms with Crippen molar-refractivity contribution >= 4 is 11.6 Å². The van der Waals surface area contributed by atoms with Gasteiger partial charge in [-0.05, 0) is 24.1 Å². The molecule has 4 N–H and O–H groups in total. The fraction of sp³-hybridized carbons (Fsp3) is 0.308. The number of hydrogen-bond acceptors (Lipinski definition) is 6. The Balaban J connectivity index is 2.13. The number of hydrogen-bond donors (Lipinski definition) is 3. The highest BCUT2D eigenvalue weighted by atomic mass is 15.3. The molecule has 0 aliphatic carbocycles. The smallest absolute Gasteiger partial charge is 0.145 e. The zero-order valence-corrected chi connectivity index (χ0v) is 11.1. The lowest BCUT2D eigenvalue weighted by atomic mass is 10.1. The van der Waals surface area contributed by atoms with Gasteiger partial charge in [0.15, 0.2) is 0 Å². The number of hydrazine groups is 1. The van der Waals surface area contributed by atoms with Crippen molar-refractivity contribution in [3.05, 3.63) is 41.5 Å². The average molecular weight is 258 g/mol. The Morgan fingerprint density at radius 2 is 2.05 bits per heavy atom. The summed E-state index contributed by atoms with van der Waals surface area (Å²) in [7, 11) is 0. The van der Waals surface area contributed by atoms with Crippen molar-refractivity contribution in [1.29, 1.82) is 0 Å². The third-order valence-electron chi connectivity index (χ3n) is 2.84. The first-order valence-corrected chi connectivity index (χ1v) is 6.21.